The third-order valence-corrected chi connectivity index (χ3v) is 3.84. The summed E-state index contributed by atoms with van der Waals surface area (Å²) in [5.74, 6) is 0.493. The zero-order valence-corrected chi connectivity index (χ0v) is 21.0. The Morgan fingerprint density at radius 2 is 1.41 bits per heavy atom. The van der Waals surface area contributed by atoms with Gasteiger partial charge < -0.3 is 20.7 Å². The number of rotatable bonds is 7. The standard InChI is InChI=1S/C16H35N5O4S.HI/c1-14(2,3)25-13(22)20-15(4,5)10-18-12(17-8)19-11-16(6,7)21-26(9,23)24;/h21H,10-11H2,1-9H3,(H,20,22)(H2,17,18,19);1H. The molecule has 0 spiro atoms. The van der Waals surface area contributed by atoms with Crippen LogP contribution in [0.3, 0.4) is 0 Å². The van der Waals surface area contributed by atoms with Crippen LogP contribution in [0.1, 0.15) is 48.5 Å². The molecule has 27 heavy (non-hydrogen) atoms. The summed E-state index contributed by atoms with van der Waals surface area (Å²) in [5, 5.41) is 8.97. The van der Waals surface area contributed by atoms with Crippen LogP contribution in [0.5, 0.6) is 0 Å². The molecular weight excluding hydrogens is 485 g/mol. The van der Waals surface area contributed by atoms with Crippen LogP contribution in [0.15, 0.2) is 4.99 Å². The van der Waals surface area contributed by atoms with Crippen LogP contribution >= 0.6 is 24.0 Å². The molecule has 0 aromatic heterocycles. The Morgan fingerprint density at radius 3 is 1.78 bits per heavy atom. The van der Waals surface area contributed by atoms with E-state index in [0.29, 0.717) is 19.0 Å². The minimum absolute atomic E-state index is 0. The van der Waals surface area contributed by atoms with Crippen molar-refractivity contribution < 1.29 is 17.9 Å². The van der Waals surface area contributed by atoms with E-state index in [-0.39, 0.29) is 24.0 Å². The number of halogens is 1. The predicted octanol–water partition coefficient (Wildman–Crippen LogP) is 1.40. The minimum Gasteiger partial charge on any atom is -0.444 e. The van der Waals surface area contributed by atoms with Crippen molar-refractivity contribution in [3.05, 3.63) is 0 Å². The highest BCUT2D eigenvalue weighted by molar-refractivity contribution is 14.0. The van der Waals surface area contributed by atoms with E-state index in [1.807, 2.05) is 13.8 Å². The fraction of sp³-hybridized carbons (Fsp3) is 0.875. The Morgan fingerprint density at radius 1 is 0.963 bits per heavy atom. The maximum absolute atomic E-state index is 11.9. The highest BCUT2D eigenvalue weighted by Crippen LogP contribution is 2.09. The van der Waals surface area contributed by atoms with Crippen LogP contribution in [0.25, 0.3) is 0 Å². The maximum Gasteiger partial charge on any atom is 0.408 e. The van der Waals surface area contributed by atoms with Crippen LogP contribution in [0, 0.1) is 0 Å². The Bertz CT molecular complexity index is 613. The molecule has 0 fully saturated rings. The molecule has 0 heterocycles. The fourth-order valence-electron chi connectivity index (χ4n) is 1.99. The summed E-state index contributed by atoms with van der Waals surface area (Å²) in [4.78, 5) is 16.0. The molecule has 0 aliphatic heterocycles. The average molecular weight is 521 g/mol. The summed E-state index contributed by atoms with van der Waals surface area (Å²) in [6.07, 6.45) is 0.623. The number of ether oxygens (including phenoxy) is 1. The molecule has 9 nitrogen and oxygen atoms in total. The van der Waals surface area contributed by atoms with Gasteiger partial charge in [0.15, 0.2) is 5.96 Å². The molecule has 0 rings (SSSR count). The third-order valence-electron chi connectivity index (χ3n) is 2.92. The molecule has 0 aromatic rings. The molecule has 0 atom stereocenters. The lowest BCUT2D eigenvalue weighted by Gasteiger charge is -2.30. The Kier molecular flexibility index (Phi) is 11.2. The van der Waals surface area contributed by atoms with Gasteiger partial charge in [-0.3, -0.25) is 4.99 Å². The zero-order chi connectivity index (χ0) is 20.8. The second-order valence-corrected chi connectivity index (χ2v) is 10.3. The van der Waals surface area contributed by atoms with Gasteiger partial charge in [-0.05, 0) is 48.5 Å². The van der Waals surface area contributed by atoms with Crippen molar-refractivity contribution in [1.29, 1.82) is 0 Å². The summed E-state index contributed by atoms with van der Waals surface area (Å²) in [6.45, 7) is 13.4. The second-order valence-electron chi connectivity index (χ2n) is 8.55. The van der Waals surface area contributed by atoms with Gasteiger partial charge in [0.2, 0.25) is 10.0 Å². The smallest absolute Gasteiger partial charge is 0.408 e. The van der Waals surface area contributed by atoms with Gasteiger partial charge in [-0.2, -0.15) is 0 Å². The van der Waals surface area contributed by atoms with Crippen LogP contribution in [0.2, 0.25) is 0 Å². The Labute approximate surface area is 180 Å². The topological polar surface area (TPSA) is 121 Å². The van der Waals surface area contributed by atoms with E-state index in [1.165, 1.54) is 0 Å². The highest BCUT2D eigenvalue weighted by Gasteiger charge is 2.26. The SMILES string of the molecule is CN=C(NCC(C)(C)NC(=O)OC(C)(C)C)NCC(C)(C)NS(C)(=O)=O.I. The molecule has 0 aromatic carbocycles. The molecule has 162 valence electrons. The van der Waals surface area contributed by atoms with E-state index in [9.17, 15) is 13.2 Å². The molecule has 0 aliphatic rings. The first-order chi connectivity index (χ1) is 11.4. The molecule has 1 amide bonds. The fourth-order valence-corrected chi connectivity index (χ4v) is 3.07. The number of hydrogen-bond donors (Lipinski definition) is 4. The summed E-state index contributed by atoms with van der Waals surface area (Å²) < 4.78 is 30.6. The van der Waals surface area contributed by atoms with Crippen molar-refractivity contribution in [2.45, 2.75) is 65.1 Å². The van der Waals surface area contributed by atoms with Crippen molar-refractivity contribution in [3.8, 4) is 0 Å². The number of sulfonamides is 1. The van der Waals surface area contributed by atoms with Crippen LogP contribution < -0.4 is 20.7 Å². The number of carbonyl (C=O) groups is 1. The number of nitrogens with one attached hydrogen (secondary N) is 4. The quantitative estimate of drug-likeness (QED) is 0.228. The average Bonchev–Trinajstić information content (AvgIpc) is 2.32. The molecule has 0 saturated carbocycles. The van der Waals surface area contributed by atoms with Crippen LogP contribution in [0.4, 0.5) is 4.79 Å². The first-order valence-electron chi connectivity index (χ1n) is 8.39. The monoisotopic (exact) mass is 521 g/mol. The maximum atomic E-state index is 11.9. The number of carbonyl (C=O) groups excluding carboxylic acids is 1. The van der Waals surface area contributed by atoms with Gasteiger partial charge in [0.25, 0.3) is 0 Å². The van der Waals surface area contributed by atoms with E-state index in [4.69, 9.17) is 4.74 Å². The molecule has 0 radical (unpaired) electrons. The predicted molar refractivity (Wildman–Crippen MR) is 120 cm³/mol. The molecule has 0 aliphatic carbocycles. The van der Waals surface area contributed by atoms with E-state index in [0.717, 1.165) is 6.26 Å². The van der Waals surface area contributed by atoms with E-state index < -0.39 is 32.8 Å². The first kappa shape index (κ1) is 28.4. The van der Waals surface area contributed by atoms with Gasteiger partial charge in [0.1, 0.15) is 5.60 Å². The summed E-state index contributed by atoms with van der Waals surface area (Å²) in [6, 6.07) is 0. The molecule has 0 unspecified atom stereocenters. The van der Waals surface area contributed by atoms with Crippen LogP contribution in [-0.4, -0.2) is 63.5 Å². The highest BCUT2D eigenvalue weighted by atomic mass is 127. The van der Waals surface area contributed by atoms with E-state index >= 15 is 0 Å². The first-order valence-corrected chi connectivity index (χ1v) is 10.3. The Balaban J connectivity index is 0. The Hall–Kier alpha value is -0.820. The number of hydrogen-bond acceptors (Lipinski definition) is 5. The van der Waals surface area contributed by atoms with Crippen molar-refractivity contribution in [2.24, 2.45) is 4.99 Å². The minimum atomic E-state index is -3.31. The summed E-state index contributed by atoms with van der Waals surface area (Å²) >= 11 is 0. The van der Waals surface area contributed by atoms with Gasteiger partial charge in [-0.25, -0.2) is 17.9 Å². The van der Waals surface area contributed by atoms with Crippen molar-refractivity contribution >= 4 is 46.1 Å². The molecular formula is C16H36IN5O4S. The number of nitrogens with zero attached hydrogens (tertiary/aromatic N) is 1. The van der Waals surface area contributed by atoms with Gasteiger partial charge in [-0.1, -0.05) is 0 Å². The van der Waals surface area contributed by atoms with E-state index in [2.05, 4.69) is 25.7 Å². The summed E-state index contributed by atoms with van der Waals surface area (Å²) in [7, 11) is -1.70. The van der Waals surface area contributed by atoms with Crippen molar-refractivity contribution in [1.82, 2.24) is 20.7 Å². The molecule has 4 N–H and O–H groups in total. The van der Waals surface area contributed by atoms with Crippen molar-refractivity contribution in [3.63, 3.8) is 0 Å². The lowest BCUT2D eigenvalue weighted by atomic mass is 10.1. The lowest BCUT2D eigenvalue weighted by molar-refractivity contribution is 0.0474. The van der Waals surface area contributed by atoms with E-state index in [1.54, 1.807) is 41.7 Å². The molecule has 0 saturated heterocycles. The van der Waals surface area contributed by atoms with Gasteiger partial charge in [0.05, 0.1) is 11.8 Å². The van der Waals surface area contributed by atoms with Crippen molar-refractivity contribution in [2.75, 3.05) is 26.4 Å². The second kappa shape index (κ2) is 10.6. The largest absolute Gasteiger partial charge is 0.444 e. The lowest BCUT2D eigenvalue weighted by Crippen LogP contribution is -2.56. The third kappa shape index (κ3) is 15.9. The normalized spacial score (nSPS) is 13.4. The van der Waals surface area contributed by atoms with Gasteiger partial charge in [-0.15, -0.1) is 24.0 Å². The number of amides is 1. The molecule has 0 bridgehead atoms. The molecule has 11 heteroatoms. The number of guanidine groups is 1. The zero-order valence-electron chi connectivity index (χ0n) is 17.8. The number of alkyl carbamates (subject to hydrolysis) is 1. The van der Waals surface area contributed by atoms with Gasteiger partial charge in [0, 0.05) is 25.7 Å². The summed E-state index contributed by atoms with van der Waals surface area (Å²) in [5.41, 5.74) is -1.83. The number of aliphatic imine (C=N–C) groups is 1. The van der Waals surface area contributed by atoms with Crippen LogP contribution in [-0.2, 0) is 14.8 Å². The van der Waals surface area contributed by atoms with Gasteiger partial charge >= 0.3 is 6.09 Å².